The van der Waals surface area contributed by atoms with E-state index in [1.807, 2.05) is 43.5 Å². The molecule has 1 aromatic heterocycles. The average molecular weight is 410 g/mol. The minimum absolute atomic E-state index is 0.112. The van der Waals surface area contributed by atoms with E-state index in [9.17, 15) is 9.59 Å². The molecule has 0 saturated heterocycles. The van der Waals surface area contributed by atoms with Crippen LogP contribution in [0.4, 0.5) is 5.69 Å². The number of thiazole rings is 1. The van der Waals surface area contributed by atoms with Gasteiger partial charge in [0.25, 0.3) is 0 Å². The lowest BCUT2D eigenvalue weighted by Gasteiger charge is -2.11. The Morgan fingerprint density at radius 3 is 2.66 bits per heavy atom. The van der Waals surface area contributed by atoms with E-state index in [4.69, 9.17) is 9.47 Å². The Labute approximate surface area is 173 Å². The largest absolute Gasteiger partial charge is 0.490 e. The number of benzene rings is 2. The van der Waals surface area contributed by atoms with Crippen molar-refractivity contribution in [1.82, 2.24) is 4.98 Å². The van der Waals surface area contributed by atoms with Gasteiger partial charge in [-0.2, -0.15) is 0 Å². The minimum atomic E-state index is -0.112. The van der Waals surface area contributed by atoms with Gasteiger partial charge in [0.1, 0.15) is 17.9 Å². The second-order valence-electron chi connectivity index (χ2n) is 6.37. The molecule has 6 nitrogen and oxygen atoms in total. The van der Waals surface area contributed by atoms with Gasteiger partial charge in [0.05, 0.1) is 18.7 Å². The molecule has 0 fully saturated rings. The van der Waals surface area contributed by atoms with Crippen LogP contribution in [0.25, 0.3) is 0 Å². The third-order valence-corrected chi connectivity index (χ3v) is 4.92. The Morgan fingerprint density at radius 2 is 1.93 bits per heavy atom. The number of carbonyl (C=O) groups excluding carboxylic acids is 2. The fourth-order valence-electron chi connectivity index (χ4n) is 2.61. The normalized spacial score (nSPS) is 10.4. The maximum atomic E-state index is 12.2. The summed E-state index contributed by atoms with van der Waals surface area (Å²) < 4.78 is 11.3. The zero-order chi connectivity index (χ0) is 20.6. The molecular weight excluding hydrogens is 388 g/mol. The van der Waals surface area contributed by atoms with Crippen LogP contribution < -0.4 is 14.8 Å². The molecule has 0 bridgehead atoms. The second-order valence-corrected chi connectivity index (χ2v) is 7.31. The van der Waals surface area contributed by atoms with Gasteiger partial charge < -0.3 is 14.8 Å². The zero-order valence-electron chi connectivity index (χ0n) is 16.3. The molecule has 1 N–H and O–H groups in total. The highest BCUT2D eigenvalue weighted by Crippen LogP contribution is 2.29. The first-order valence-corrected chi connectivity index (χ1v) is 10.1. The van der Waals surface area contributed by atoms with E-state index in [0.717, 1.165) is 28.2 Å². The van der Waals surface area contributed by atoms with E-state index >= 15 is 0 Å². The first kappa shape index (κ1) is 20.5. The van der Waals surface area contributed by atoms with Crippen LogP contribution in [-0.4, -0.2) is 23.8 Å². The Hall–Kier alpha value is -3.19. The first-order chi connectivity index (χ1) is 14.1. The lowest BCUT2D eigenvalue weighted by Crippen LogP contribution is -2.14. The van der Waals surface area contributed by atoms with Crippen LogP contribution in [0.15, 0.2) is 47.8 Å². The molecule has 7 heteroatoms. The molecule has 0 radical (unpaired) electrons. The summed E-state index contributed by atoms with van der Waals surface area (Å²) >= 11 is 1.42. The number of ether oxygens (including phenoxy) is 2. The number of amides is 1. The van der Waals surface area contributed by atoms with Crippen LogP contribution in [0, 0.1) is 6.92 Å². The number of carbonyl (C=O) groups is 2. The van der Waals surface area contributed by atoms with Gasteiger partial charge in [0.2, 0.25) is 5.91 Å². The van der Waals surface area contributed by atoms with Crippen molar-refractivity contribution in [2.75, 3.05) is 11.9 Å². The summed E-state index contributed by atoms with van der Waals surface area (Å²) in [5, 5.41) is 5.46. The first-order valence-electron chi connectivity index (χ1n) is 9.22. The number of aryl methyl sites for hydroxylation is 1. The number of anilines is 1. The smallest absolute Gasteiger partial charge is 0.231 e. The fraction of sp³-hybridized carbons (Fsp3) is 0.227. The molecule has 3 aromatic rings. The van der Waals surface area contributed by atoms with E-state index in [0.29, 0.717) is 23.7 Å². The van der Waals surface area contributed by atoms with Gasteiger partial charge in [-0.1, -0.05) is 17.7 Å². The van der Waals surface area contributed by atoms with Crippen molar-refractivity contribution in [3.05, 3.63) is 69.7 Å². The number of rotatable bonds is 9. The fourth-order valence-corrected chi connectivity index (χ4v) is 3.39. The van der Waals surface area contributed by atoms with Gasteiger partial charge in [0, 0.05) is 16.6 Å². The molecule has 0 aliphatic carbocycles. The van der Waals surface area contributed by atoms with Gasteiger partial charge >= 0.3 is 0 Å². The van der Waals surface area contributed by atoms with E-state index in [1.165, 1.54) is 11.3 Å². The van der Waals surface area contributed by atoms with Gasteiger partial charge in [0.15, 0.2) is 11.5 Å². The lowest BCUT2D eigenvalue weighted by atomic mass is 10.2. The number of aromatic nitrogens is 1. The summed E-state index contributed by atoms with van der Waals surface area (Å²) in [6.45, 7) is 4.58. The van der Waals surface area contributed by atoms with Crippen molar-refractivity contribution < 1.29 is 19.1 Å². The Bertz CT molecular complexity index is 983. The third-order valence-electron chi connectivity index (χ3n) is 4.03. The van der Waals surface area contributed by atoms with Crippen molar-refractivity contribution in [3.8, 4) is 11.5 Å². The summed E-state index contributed by atoms with van der Waals surface area (Å²) in [5.41, 5.74) is 3.16. The molecule has 3 rings (SSSR count). The van der Waals surface area contributed by atoms with Gasteiger partial charge in [-0.15, -0.1) is 11.3 Å². The molecule has 0 aliphatic heterocycles. The molecule has 1 heterocycles. The monoisotopic (exact) mass is 410 g/mol. The van der Waals surface area contributed by atoms with Crippen molar-refractivity contribution in [2.24, 2.45) is 0 Å². The van der Waals surface area contributed by atoms with E-state index in [1.54, 1.807) is 18.2 Å². The molecule has 0 unspecified atom stereocenters. The highest BCUT2D eigenvalue weighted by molar-refractivity contribution is 7.09. The Balaban J connectivity index is 1.57. The van der Waals surface area contributed by atoms with Gasteiger partial charge in [-0.3, -0.25) is 9.59 Å². The molecule has 29 heavy (non-hydrogen) atoms. The predicted octanol–water partition coefficient (Wildman–Crippen LogP) is 4.42. The minimum Gasteiger partial charge on any atom is -0.490 e. The van der Waals surface area contributed by atoms with Crippen LogP contribution in [0.3, 0.4) is 0 Å². The molecular formula is C22H22N2O4S. The molecule has 0 aliphatic rings. The van der Waals surface area contributed by atoms with Crippen LogP contribution in [-0.2, 0) is 17.8 Å². The standard InChI is InChI=1S/C22H22N2O4S/c1-3-27-20-10-16(12-25)6-9-19(20)28-13-18-14-29-22(24-18)11-21(26)23-17-7-4-15(2)5-8-17/h4-10,12,14H,3,11,13H2,1-2H3,(H,23,26). The summed E-state index contributed by atoms with van der Waals surface area (Å²) in [6, 6.07) is 12.7. The van der Waals surface area contributed by atoms with Gasteiger partial charge in [-0.25, -0.2) is 4.98 Å². The second kappa shape index (κ2) is 9.84. The summed E-state index contributed by atoms with van der Waals surface area (Å²) in [4.78, 5) is 27.6. The Morgan fingerprint density at radius 1 is 1.14 bits per heavy atom. The van der Waals surface area contributed by atoms with Crippen LogP contribution in [0.5, 0.6) is 11.5 Å². The SMILES string of the molecule is CCOc1cc(C=O)ccc1OCc1csc(CC(=O)Nc2ccc(C)cc2)n1. The molecule has 0 spiro atoms. The van der Waals surface area contributed by atoms with Crippen molar-refractivity contribution in [2.45, 2.75) is 26.9 Å². The van der Waals surface area contributed by atoms with E-state index in [-0.39, 0.29) is 18.9 Å². The van der Waals surface area contributed by atoms with Crippen LogP contribution in [0.1, 0.15) is 33.5 Å². The Kier molecular flexibility index (Phi) is 6.97. The number of hydrogen-bond donors (Lipinski definition) is 1. The maximum absolute atomic E-state index is 12.2. The molecule has 2 aromatic carbocycles. The summed E-state index contributed by atoms with van der Waals surface area (Å²) in [6.07, 6.45) is 0.970. The van der Waals surface area contributed by atoms with E-state index < -0.39 is 0 Å². The third kappa shape index (κ3) is 5.89. The number of aldehydes is 1. The molecule has 0 saturated carbocycles. The van der Waals surface area contributed by atoms with Crippen molar-refractivity contribution >= 4 is 29.2 Å². The number of nitrogens with zero attached hydrogens (tertiary/aromatic N) is 1. The van der Waals surface area contributed by atoms with Crippen molar-refractivity contribution in [1.29, 1.82) is 0 Å². The highest BCUT2D eigenvalue weighted by atomic mass is 32.1. The lowest BCUT2D eigenvalue weighted by molar-refractivity contribution is -0.115. The van der Waals surface area contributed by atoms with E-state index in [2.05, 4.69) is 10.3 Å². The number of hydrogen-bond acceptors (Lipinski definition) is 6. The molecule has 0 atom stereocenters. The zero-order valence-corrected chi connectivity index (χ0v) is 17.1. The quantitative estimate of drug-likeness (QED) is 0.528. The summed E-state index contributed by atoms with van der Waals surface area (Å²) in [5.74, 6) is 0.952. The maximum Gasteiger partial charge on any atom is 0.231 e. The van der Waals surface area contributed by atoms with Gasteiger partial charge in [-0.05, 0) is 44.2 Å². The molecule has 1 amide bonds. The topological polar surface area (TPSA) is 77.5 Å². The number of nitrogens with one attached hydrogen (secondary N) is 1. The highest BCUT2D eigenvalue weighted by Gasteiger charge is 2.11. The van der Waals surface area contributed by atoms with Crippen LogP contribution >= 0.6 is 11.3 Å². The predicted molar refractivity (Wildman–Crippen MR) is 113 cm³/mol. The average Bonchev–Trinajstić information content (AvgIpc) is 3.16. The summed E-state index contributed by atoms with van der Waals surface area (Å²) in [7, 11) is 0. The van der Waals surface area contributed by atoms with Crippen LogP contribution in [0.2, 0.25) is 0 Å². The van der Waals surface area contributed by atoms with Crippen molar-refractivity contribution in [3.63, 3.8) is 0 Å². The molecule has 150 valence electrons.